The highest BCUT2D eigenvalue weighted by molar-refractivity contribution is 7.80. The number of hydrogen-bond donors (Lipinski definition) is 7. The first-order valence-electron chi connectivity index (χ1n) is 28.4. The third-order valence-corrected chi connectivity index (χ3v) is 15.6. The molecular weight excluding hydrogens is 949 g/mol. The Bertz CT molecular complexity index is 1440. The van der Waals surface area contributed by atoms with E-state index in [4.69, 9.17) is 33.0 Å². The molecule has 2 rings (SSSR count). The van der Waals surface area contributed by atoms with Gasteiger partial charge in [0.25, 0.3) is 0 Å². The van der Waals surface area contributed by atoms with Crippen LogP contribution in [0.15, 0.2) is 0 Å². The number of aliphatic hydroxyl groups excluding tert-OH is 6. The van der Waals surface area contributed by atoms with Gasteiger partial charge in [-0.3, -0.25) is 4.55 Å². The second-order valence-electron chi connectivity index (χ2n) is 23.5. The fraction of sp³-hybridized carbons (Fsp3) is 1.00. The van der Waals surface area contributed by atoms with Crippen molar-refractivity contribution >= 4 is 10.4 Å². The summed E-state index contributed by atoms with van der Waals surface area (Å²) in [5, 5.41) is 64.1. The lowest BCUT2D eigenvalue weighted by Crippen LogP contribution is -2.64. The zero-order chi connectivity index (χ0) is 53.8. The van der Waals surface area contributed by atoms with Crippen molar-refractivity contribution in [3.8, 4) is 0 Å². The maximum Gasteiger partial charge on any atom is 0.397 e. The van der Waals surface area contributed by atoms with Crippen LogP contribution in [0.25, 0.3) is 0 Å². The molecule has 72 heavy (non-hydrogen) atoms. The van der Waals surface area contributed by atoms with Gasteiger partial charge in [-0.2, -0.15) is 8.42 Å². The minimum absolute atomic E-state index is 0.0610. The van der Waals surface area contributed by atoms with Crippen molar-refractivity contribution in [2.45, 2.75) is 265 Å². The van der Waals surface area contributed by atoms with Crippen molar-refractivity contribution in [1.82, 2.24) is 0 Å². The molecule has 2 saturated heterocycles. The van der Waals surface area contributed by atoms with Gasteiger partial charge in [-0.05, 0) is 60.2 Å². The van der Waals surface area contributed by atoms with Crippen LogP contribution in [0.4, 0.5) is 0 Å². The van der Waals surface area contributed by atoms with Crippen LogP contribution in [-0.4, -0.2) is 151 Å². The average Bonchev–Trinajstić information content (AvgIpc) is 3.30. The zero-order valence-electron chi connectivity index (χ0n) is 46.6. The highest BCUT2D eigenvalue weighted by Gasteiger charge is 2.51. The van der Waals surface area contributed by atoms with Crippen LogP contribution >= 0.6 is 0 Å². The van der Waals surface area contributed by atoms with Crippen molar-refractivity contribution < 1.29 is 76.2 Å². The third-order valence-electron chi connectivity index (χ3n) is 15.2. The number of hydrogen-bond acceptors (Lipinski definition) is 15. The Kier molecular flexibility index (Phi) is 34.9. The molecule has 0 aromatic rings. The maximum absolute atomic E-state index is 11.2. The van der Waals surface area contributed by atoms with Crippen LogP contribution in [0.5, 0.6) is 0 Å². The van der Waals surface area contributed by atoms with Crippen LogP contribution in [0, 0.1) is 47.3 Å². The molecule has 0 bridgehead atoms. The Hall–Kier alpha value is -0.610. The first-order valence-corrected chi connectivity index (χ1v) is 29.8. The second-order valence-corrected chi connectivity index (χ2v) is 24.6. The summed E-state index contributed by atoms with van der Waals surface area (Å²) in [6.45, 7) is 22.8. The quantitative estimate of drug-likeness (QED) is 0.0223. The van der Waals surface area contributed by atoms with E-state index in [1.165, 1.54) is 103 Å². The molecule has 0 unspecified atom stereocenters. The molecule has 0 spiro atoms. The van der Waals surface area contributed by atoms with E-state index in [1.54, 1.807) is 0 Å². The molecule has 2 aliphatic rings. The van der Waals surface area contributed by atoms with E-state index in [9.17, 15) is 39.1 Å². The molecule has 0 aliphatic carbocycles. The Morgan fingerprint density at radius 2 is 0.875 bits per heavy atom. The zero-order valence-corrected chi connectivity index (χ0v) is 47.4. The van der Waals surface area contributed by atoms with Crippen LogP contribution < -0.4 is 0 Å². The van der Waals surface area contributed by atoms with Gasteiger partial charge >= 0.3 is 10.4 Å². The predicted octanol–water partition coefficient (Wildman–Crippen LogP) is 8.79. The Balaban J connectivity index is 1.92. The Morgan fingerprint density at radius 3 is 1.31 bits per heavy atom. The van der Waals surface area contributed by atoms with Crippen LogP contribution in [0.1, 0.15) is 198 Å². The van der Waals surface area contributed by atoms with Gasteiger partial charge in [0.2, 0.25) is 0 Å². The van der Waals surface area contributed by atoms with Gasteiger partial charge in [0.1, 0.15) is 54.9 Å². The van der Waals surface area contributed by atoms with Crippen molar-refractivity contribution in [2.24, 2.45) is 47.3 Å². The highest BCUT2D eigenvalue weighted by atomic mass is 32.3. The topological polar surface area (TPSA) is 240 Å². The minimum atomic E-state index is -4.95. The molecule has 0 aromatic carbocycles. The SMILES string of the molecule is CC(C)CCC[C@@H](C)CCC[C@@H](C)CCC[C@@H](C)CCOC[C@@H](CO[C@@H]1O[C@H](CO)[C@@H](O[C@@H]2O[C@H](COS(=O)(=O)O)[C@H](O)[C@H](O)[C@H]2O)[C@H](O)[C@H]1O)OCC[C@H](C)CCC[C@H](C)CCC[C@H](C)CCCC(C)C. The summed E-state index contributed by atoms with van der Waals surface area (Å²) in [6.07, 6.45) is 7.17. The molecule has 2 aliphatic heterocycles. The van der Waals surface area contributed by atoms with E-state index in [-0.39, 0.29) is 13.2 Å². The molecule has 17 atom stereocenters. The van der Waals surface area contributed by atoms with Crippen molar-refractivity contribution in [1.29, 1.82) is 0 Å². The largest absolute Gasteiger partial charge is 0.397 e. The van der Waals surface area contributed by atoms with Gasteiger partial charge in [-0.25, -0.2) is 4.18 Å². The molecule has 7 N–H and O–H groups in total. The smallest absolute Gasteiger partial charge is 0.394 e. The van der Waals surface area contributed by atoms with E-state index in [2.05, 4.69) is 73.4 Å². The van der Waals surface area contributed by atoms with Crippen molar-refractivity contribution in [3.63, 3.8) is 0 Å². The van der Waals surface area contributed by atoms with Crippen molar-refractivity contribution in [3.05, 3.63) is 0 Å². The number of aliphatic hydroxyl groups is 6. The lowest BCUT2D eigenvalue weighted by molar-refractivity contribution is -0.360. The highest BCUT2D eigenvalue weighted by Crippen LogP contribution is 2.31. The van der Waals surface area contributed by atoms with Gasteiger partial charge in [0.15, 0.2) is 12.6 Å². The molecule has 2 heterocycles. The summed E-state index contributed by atoms with van der Waals surface area (Å²) >= 11 is 0. The molecule has 2 fully saturated rings. The molecule has 17 heteroatoms. The van der Waals surface area contributed by atoms with Gasteiger partial charge in [-0.15, -0.1) is 0 Å². The first kappa shape index (κ1) is 67.5. The average molecular weight is 1060 g/mol. The third kappa shape index (κ3) is 29.2. The fourth-order valence-electron chi connectivity index (χ4n) is 9.99. The minimum Gasteiger partial charge on any atom is -0.394 e. The summed E-state index contributed by atoms with van der Waals surface area (Å²) in [5.41, 5.74) is 0. The van der Waals surface area contributed by atoms with Crippen molar-refractivity contribution in [2.75, 3.05) is 39.6 Å². The van der Waals surface area contributed by atoms with Gasteiger partial charge in [0.05, 0.1) is 26.4 Å². The molecule has 430 valence electrons. The Morgan fingerprint density at radius 1 is 0.472 bits per heavy atom. The van der Waals surface area contributed by atoms with E-state index in [1.807, 2.05) is 0 Å². The molecular formula is C55H108O16S. The molecule has 0 radical (unpaired) electrons. The number of rotatable bonds is 42. The maximum atomic E-state index is 11.2. The van der Waals surface area contributed by atoms with E-state index in [0.29, 0.717) is 31.0 Å². The summed E-state index contributed by atoms with van der Waals surface area (Å²) in [4.78, 5) is 0. The fourth-order valence-corrected chi connectivity index (χ4v) is 10.3. The lowest BCUT2D eigenvalue weighted by Gasteiger charge is -2.46. The van der Waals surface area contributed by atoms with Gasteiger partial charge < -0.3 is 59.1 Å². The van der Waals surface area contributed by atoms with E-state index >= 15 is 0 Å². The number of ether oxygens (including phenoxy) is 6. The normalized spacial score (nSPS) is 28.3. The lowest BCUT2D eigenvalue weighted by atomic mass is 9.91. The summed E-state index contributed by atoms with van der Waals surface area (Å²) < 4.78 is 71.1. The summed E-state index contributed by atoms with van der Waals surface area (Å²) in [7, 11) is -4.95. The molecule has 0 amide bonds. The summed E-state index contributed by atoms with van der Waals surface area (Å²) in [5.74, 6) is 5.57. The van der Waals surface area contributed by atoms with E-state index < -0.39 is 91.1 Å². The van der Waals surface area contributed by atoms with Gasteiger partial charge in [-0.1, -0.05) is 185 Å². The van der Waals surface area contributed by atoms with Crippen LogP contribution in [0.2, 0.25) is 0 Å². The standard InChI is InChI=1S/C55H108O16S/c1-37(2)17-11-19-39(5)21-13-23-41(7)25-15-27-43(9)29-31-65-34-45(66-32-30-44(10)28-16-26-42(8)24-14-22-40(6)20-12-18-38(3)4)35-67-54-52(61)50(59)53(46(33-56)69-54)71-55-51(60)49(58)48(57)47(70-55)36-68-72(62,63)64/h37-61H,11-36H2,1-10H3,(H,62,63,64)/t39-,40-,41-,42-,43-,44-,45+,46-,47-,48+,49+,50-,51-,52-,53-,54-,55+/m1/s1. The predicted molar refractivity (Wildman–Crippen MR) is 280 cm³/mol. The van der Waals surface area contributed by atoms with Crippen LogP contribution in [0.3, 0.4) is 0 Å². The molecule has 16 nitrogen and oxygen atoms in total. The molecule has 0 aromatic heterocycles. The second kappa shape index (κ2) is 37.2. The monoisotopic (exact) mass is 1060 g/mol. The molecule has 0 saturated carbocycles. The van der Waals surface area contributed by atoms with Crippen LogP contribution in [-0.2, 0) is 43.0 Å². The summed E-state index contributed by atoms with van der Waals surface area (Å²) in [6, 6.07) is 0. The first-order chi connectivity index (χ1) is 34.0. The Labute approximate surface area is 437 Å². The van der Waals surface area contributed by atoms with E-state index in [0.717, 1.165) is 55.3 Å². The van der Waals surface area contributed by atoms with Gasteiger partial charge in [0, 0.05) is 13.2 Å².